The van der Waals surface area contributed by atoms with Gasteiger partial charge in [0.25, 0.3) is 0 Å². The van der Waals surface area contributed by atoms with Gasteiger partial charge in [-0.25, -0.2) is 0 Å². The second kappa shape index (κ2) is 3.65. The average molecular weight is 228 g/mol. The molecule has 4 heteroatoms. The van der Waals surface area contributed by atoms with Crippen LogP contribution in [0, 0.1) is 5.92 Å². The van der Waals surface area contributed by atoms with Crippen LogP contribution in [0.15, 0.2) is 23.8 Å². The summed E-state index contributed by atoms with van der Waals surface area (Å²) in [5.74, 6) is -0.620. The van der Waals surface area contributed by atoms with Crippen molar-refractivity contribution in [2.24, 2.45) is 11.7 Å². The van der Waals surface area contributed by atoms with E-state index in [2.05, 4.69) is 6.08 Å². The van der Waals surface area contributed by atoms with Gasteiger partial charge in [0.2, 0.25) is 0 Å². The largest absolute Gasteiger partial charge is 0.480 e. The first-order valence-corrected chi connectivity index (χ1v) is 5.52. The number of nitrogens with two attached hydrogens (primary N) is 1. The molecular formula is C11H14ClNO2. The summed E-state index contributed by atoms with van der Waals surface area (Å²) in [7, 11) is 0. The van der Waals surface area contributed by atoms with Gasteiger partial charge in [0, 0.05) is 0 Å². The molecule has 3 nitrogen and oxygen atoms in total. The summed E-state index contributed by atoms with van der Waals surface area (Å²) >= 11 is 6.18. The number of hydrogen-bond acceptors (Lipinski definition) is 2. The minimum Gasteiger partial charge on any atom is -0.480 e. The van der Waals surface area contributed by atoms with E-state index in [0.717, 1.165) is 18.4 Å². The predicted octanol–water partition coefficient (Wildman–Crippen LogP) is 1.67. The van der Waals surface area contributed by atoms with E-state index in [1.54, 1.807) is 0 Å². The lowest BCUT2D eigenvalue weighted by Gasteiger charge is -2.40. The van der Waals surface area contributed by atoms with Gasteiger partial charge in [-0.05, 0) is 30.8 Å². The van der Waals surface area contributed by atoms with Crippen LogP contribution >= 0.6 is 11.6 Å². The third-order valence-electron chi connectivity index (χ3n) is 3.37. The van der Waals surface area contributed by atoms with Crippen LogP contribution in [0.25, 0.3) is 0 Å². The molecule has 0 bridgehead atoms. The van der Waals surface area contributed by atoms with Crippen molar-refractivity contribution in [2.75, 3.05) is 0 Å². The minimum atomic E-state index is -1.30. The Labute approximate surface area is 93.6 Å². The molecule has 2 aliphatic carbocycles. The molecule has 0 aromatic carbocycles. The Morgan fingerprint density at radius 1 is 1.67 bits per heavy atom. The number of fused-ring (bicyclic) bond motifs is 1. The van der Waals surface area contributed by atoms with Gasteiger partial charge in [0.1, 0.15) is 5.54 Å². The minimum absolute atomic E-state index is 0.383. The molecule has 2 aliphatic rings. The highest BCUT2D eigenvalue weighted by molar-refractivity contribution is 6.25. The Bertz CT molecular complexity index is 350. The van der Waals surface area contributed by atoms with Crippen molar-refractivity contribution in [3.05, 3.63) is 23.8 Å². The second-order valence-electron chi connectivity index (χ2n) is 4.27. The molecule has 0 saturated heterocycles. The van der Waals surface area contributed by atoms with Crippen molar-refractivity contribution in [3.8, 4) is 0 Å². The van der Waals surface area contributed by atoms with Crippen molar-refractivity contribution < 1.29 is 9.90 Å². The number of carbonyl (C=O) groups is 1. The van der Waals surface area contributed by atoms with Crippen LogP contribution in [0.3, 0.4) is 0 Å². The molecule has 82 valence electrons. The Balaban J connectivity index is 2.32. The number of allylic oxidation sites excluding steroid dienone is 3. The van der Waals surface area contributed by atoms with Crippen LogP contribution in [0.4, 0.5) is 0 Å². The molecule has 0 aromatic heterocycles. The van der Waals surface area contributed by atoms with Crippen molar-refractivity contribution in [2.45, 2.75) is 30.2 Å². The van der Waals surface area contributed by atoms with Gasteiger partial charge in [0.05, 0.1) is 5.38 Å². The maximum Gasteiger partial charge on any atom is 0.325 e. The van der Waals surface area contributed by atoms with Gasteiger partial charge in [0.15, 0.2) is 0 Å². The van der Waals surface area contributed by atoms with Gasteiger partial charge in [-0.15, -0.1) is 11.6 Å². The molecule has 0 spiro atoms. The fourth-order valence-electron chi connectivity index (χ4n) is 2.32. The highest BCUT2D eigenvalue weighted by atomic mass is 35.5. The number of rotatable bonds is 1. The number of carboxylic acid groups (broad SMARTS) is 1. The Morgan fingerprint density at radius 3 is 3.07 bits per heavy atom. The Hall–Kier alpha value is -0.800. The van der Waals surface area contributed by atoms with Crippen LogP contribution < -0.4 is 5.73 Å². The van der Waals surface area contributed by atoms with Crippen LogP contribution in [0.2, 0.25) is 0 Å². The van der Waals surface area contributed by atoms with E-state index >= 15 is 0 Å². The number of alkyl halides is 1. The van der Waals surface area contributed by atoms with E-state index in [1.165, 1.54) is 0 Å². The molecule has 0 amide bonds. The fraction of sp³-hybridized carbons (Fsp3) is 0.545. The van der Waals surface area contributed by atoms with Crippen LogP contribution in [0.5, 0.6) is 0 Å². The highest BCUT2D eigenvalue weighted by Crippen LogP contribution is 2.41. The molecule has 3 atom stereocenters. The molecule has 0 heterocycles. The summed E-state index contributed by atoms with van der Waals surface area (Å²) in [5.41, 5.74) is 5.54. The SMILES string of the molecule is NC1(C(=O)O)CCC2CC=CC=C2C1Cl. The average Bonchev–Trinajstić information content (AvgIpc) is 2.24. The standard InChI is InChI=1S/C11H14ClNO2/c12-9-8-4-2-1-3-7(8)5-6-11(9,13)10(14)15/h1-2,4,7,9H,3,5-6,13H2,(H,14,15). The lowest BCUT2D eigenvalue weighted by molar-refractivity contribution is -0.144. The normalized spacial score (nSPS) is 39.5. The zero-order chi connectivity index (χ0) is 11.1. The number of aliphatic carboxylic acids is 1. The van der Waals surface area contributed by atoms with Gasteiger partial charge in [-0.3, -0.25) is 4.79 Å². The summed E-state index contributed by atoms with van der Waals surface area (Å²) in [6.45, 7) is 0. The van der Waals surface area contributed by atoms with E-state index in [1.807, 2.05) is 12.2 Å². The number of hydrogen-bond donors (Lipinski definition) is 2. The number of halogens is 1. The summed E-state index contributed by atoms with van der Waals surface area (Å²) in [6.07, 6.45) is 8.13. The molecule has 0 aliphatic heterocycles. The second-order valence-corrected chi connectivity index (χ2v) is 4.71. The summed E-state index contributed by atoms with van der Waals surface area (Å²) < 4.78 is 0. The van der Waals surface area contributed by atoms with Gasteiger partial charge >= 0.3 is 5.97 Å². The van der Waals surface area contributed by atoms with Gasteiger partial charge < -0.3 is 10.8 Å². The molecule has 15 heavy (non-hydrogen) atoms. The Kier molecular flexibility index (Phi) is 2.61. The molecule has 3 N–H and O–H groups in total. The summed E-state index contributed by atoms with van der Waals surface area (Å²) in [6, 6.07) is 0. The molecule has 3 unspecified atom stereocenters. The highest BCUT2D eigenvalue weighted by Gasteiger charge is 2.48. The van der Waals surface area contributed by atoms with Crippen LogP contribution in [-0.2, 0) is 4.79 Å². The first-order chi connectivity index (χ1) is 7.05. The number of carboxylic acids is 1. The molecule has 2 rings (SSSR count). The molecule has 0 aromatic rings. The van der Waals surface area contributed by atoms with Gasteiger partial charge in [-0.2, -0.15) is 0 Å². The van der Waals surface area contributed by atoms with E-state index in [9.17, 15) is 4.79 Å². The maximum absolute atomic E-state index is 11.1. The van der Waals surface area contributed by atoms with E-state index < -0.39 is 16.9 Å². The molecule has 1 fully saturated rings. The van der Waals surface area contributed by atoms with Crippen molar-refractivity contribution in [1.29, 1.82) is 0 Å². The van der Waals surface area contributed by atoms with Crippen molar-refractivity contribution >= 4 is 17.6 Å². The molecular weight excluding hydrogens is 214 g/mol. The summed E-state index contributed by atoms with van der Waals surface area (Å²) in [4.78, 5) is 11.1. The predicted molar refractivity (Wildman–Crippen MR) is 58.8 cm³/mol. The van der Waals surface area contributed by atoms with Crippen molar-refractivity contribution in [3.63, 3.8) is 0 Å². The van der Waals surface area contributed by atoms with E-state index in [4.69, 9.17) is 22.4 Å². The maximum atomic E-state index is 11.1. The summed E-state index contributed by atoms with van der Waals surface area (Å²) in [5, 5.41) is 8.52. The zero-order valence-electron chi connectivity index (χ0n) is 8.32. The topological polar surface area (TPSA) is 63.3 Å². The van der Waals surface area contributed by atoms with Crippen LogP contribution in [-0.4, -0.2) is 22.0 Å². The van der Waals surface area contributed by atoms with Crippen molar-refractivity contribution in [1.82, 2.24) is 0 Å². The third-order valence-corrected chi connectivity index (χ3v) is 4.01. The van der Waals surface area contributed by atoms with E-state index in [0.29, 0.717) is 12.3 Å². The third kappa shape index (κ3) is 1.60. The molecule has 0 radical (unpaired) electrons. The monoisotopic (exact) mass is 227 g/mol. The van der Waals surface area contributed by atoms with Crippen LogP contribution in [0.1, 0.15) is 19.3 Å². The Morgan fingerprint density at radius 2 is 2.40 bits per heavy atom. The first-order valence-electron chi connectivity index (χ1n) is 5.08. The first kappa shape index (κ1) is 10.7. The quantitative estimate of drug-likeness (QED) is 0.670. The smallest absolute Gasteiger partial charge is 0.325 e. The fourth-order valence-corrected chi connectivity index (χ4v) is 2.78. The van der Waals surface area contributed by atoms with E-state index in [-0.39, 0.29) is 0 Å². The molecule has 1 saturated carbocycles. The van der Waals surface area contributed by atoms with Gasteiger partial charge in [-0.1, -0.05) is 18.2 Å². The lowest BCUT2D eigenvalue weighted by Crippen LogP contribution is -2.58. The zero-order valence-corrected chi connectivity index (χ0v) is 9.07. The lowest BCUT2D eigenvalue weighted by atomic mass is 9.71.